The van der Waals surface area contributed by atoms with Crippen LogP contribution in [0.4, 0.5) is 0 Å². The first-order valence-corrected chi connectivity index (χ1v) is 4.47. The summed E-state index contributed by atoms with van der Waals surface area (Å²) in [5, 5.41) is 0. The molecule has 0 atom stereocenters. The standard InChI is InChI=1S/C11H14O3/c1-6-7(12)10(2,3)9(14)11(4,5)8(6)13/h1H2,2-5H3. The third-order valence-corrected chi connectivity index (χ3v) is 2.82. The fourth-order valence-corrected chi connectivity index (χ4v) is 1.85. The molecule has 14 heavy (non-hydrogen) atoms. The molecular weight excluding hydrogens is 180 g/mol. The SMILES string of the molecule is C=C1C(=O)C(C)(C)C(=O)C(C)(C)C1=O. The minimum Gasteiger partial charge on any atom is -0.297 e. The van der Waals surface area contributed by atoms with Gasteiger partial charge in [0.2, 0.25) is 0 Å². The predicted molar refractivity (Wildman–Crippen MR) is 51.7 cm³/mol. The highest BCUT2D eigenvalue weighted by Crippen LogP contribution is 2.39. The zero-order chi connectivity index (χ0) is 11.3. The molecule has 0 saturated heterocycles. The van der Waals surface area contributed by atoms with Gasteiger partial charge in [0, 0.05) is 0 Å². The second-order valence-corrected chi connectivity index (χ2v) is 4.72. The van der Waals surface area contributed by atoms with Crippen molar-refractivity contribution in [3.8, 4) is 0 Å². The average Bonchev–Trinajstić information content (AvgIpc) is 2.11. The van der Waals surface area contributed by atoms with E-state index in [1.165, 1.54) is 27.7 Å². The highest BCUT2D eigenvalue weighted by Gasteiger charge is 2.54. The van der Waals surface area contributed by atoms with Crippen LogP contribution in [-0.4, -0.2) is 17.3 Å². The number of rotatable bonds is 0. The van der Waals surface area contributed by atoms with Crippen LogP contribution in [0.2, 0.25) is 0 Å². The molecule has 1 fully saturated rings. The van der Waals surface area contributed by atoms with Crippen molar-refractivity contribution >= 4 is 17.3 Å². The Hall–Kier alpha value is -1.25. The maximum Gasteiger partial charge on any atom is 0.178 e. The van der Waals surface area contributed by atoms with Crippen molar-refractivity contribution in [1.29, 1.82) is 0 Å². The number of ketones is 3. The minimum atomic E-state index is -1.12. The van der Waals surface area contributed by atoms with Crippen molar-refractivity contribution in [2.45, 2.75) is 27.7 Å². The predicted octanol–water partition coefficient (Wildman–Crippen LogP) is 1.32. The van der Waals surface area contributed by atoms with Gasteiger partial charge in [-0.25, -0.2) is 0 Å². The normalized spacial score (nSPS) is 25.4. The largest absolute Gasteiger partial charge is 0.297 e. The number of hydrogen-bond donors (Lipinski definition) is 0. The molecule has 3 heteroatoms. The quantitative estimate of drug-likeness (QED) is 0.332. The van der Waals surface area contributed by atoms with Crippen LogP contribution in [0.5, 0.6) is 0 Å². The maximum atomic E-state index is 11.9. The Morgan fingerprint density at radius 3 is 1.43 bits per heavy atom. The van der Waals surface area contributed by atoms with Crippen molar-refractivity contribution in [2.75, 3.05) is 0 Å². The Balaban J connectivity index is 3.37. The lowest BCUT2D eigenvalue weighted by Crippen LogP contribution is -2.53. The van der Waals surface area contributed by atoms with E-state index in [0.717, 1.165) is 0 Å². The molecule has 0 heterocycles. The number of carbonyl (C=O) groups excluding carboxylic acids is 3. The van der Waals surface area contributed by atoms with E-state index in [1.807, 2.05) is 0 Å². The monoisotopic (exact) mass is 194 g/mol. The molecule has 0 aromatic carbocycles. The van der Waals surface area contributed by atoms with Crippen LogP contribution >= 0.6 is 0 Å². The van der Waals surface area contributed by atoms with E-state index >= 15 is 0 Å². The highest BCUT2D eigenvalue weighted by atomic mass is 16.2. The van der Waals surface area contributed by atoms with Gasteiger partial charge >= 0.3 is 0 Å². The summed E-state index contributed by atoms with van der Waals surface area (Å²) in [6.07, 6.45) is 0. The topological polar surface area (TPSA) is 51.2 Å². The molecule has 0 spiro atoms. The van der Waals surface area contributed by atoms with Gasteiger partial charge in [-0.1, -0.05) is 6.58 Å². The lowest BCUT2D eigenvalue weighted by Gasteiger charge is -2.36. The fourth-order valence-electron chi connectivity index (χ4n) is 1.85. The lowest BCUT2D eigenvalue weighted by atomic mass is 9.61. The first-order chi connectivity index (χ1) is 6.13. The molecule has 0 unspecified atom stereocenters. The van der Waals surface area contributed by atoms with Crippen LogP contribution in [0.3, 0.4) is 0 Å². The number of Topliss-reactive ketones (excluding diaryl/α,β-unsaturated/α-hetero) is 3. The Morgan fingerprint density at radius 2 is 1.14 bits per heavy atom. The molecule has 1 rings (SSSR count). The molecule has 0 amide bonds. The summed E-state index contributed by atoms with van der Waals surface area (Å²) >= 11 is 0. The summed E-state index contributed by atoms with van der Waals surface area (Å²) in [5.74, 6) is -1.23. The van der Waals surface area contributed by atoms with Gasteiger partial charge in [0.1, 0.15) is 0 Å². The molecular formula is C11H14O3. The minimum absolute atomic E-state index is 0.0559. The molecule has 0 N–H and O–H groups in total. The molecule has 0 radical (unpaired) electrons. The van der Waals surface area contributed by atoms with E-state index in [0.29, 0.717) is 0 Å². The van der Waals surface area contributed by atoms with Crippen molar-refractivity contribution in [3.05, 3.63) is 12.2 Å². The molecule has 1 aliphatic rings. The summed E-state index contributed by atoms with van der Waals surface area (Å²) in [4.78, 5) is 35.1. The van der Waals surface area contributed by atoms with Crippen molar-refractivity contribution in [2.24, 2.45) is 10.8 Å². The van der Waals surface area contributed by atoms with E-state index < -0.39 is 22.4 Å². The summed E-state index contributed by atoms with van der Waals surface area (Å²) in [6, 6.07) is 0. The first-order valence-electron chi connectivity index (χ1n) is 4.47. The Morgan fingerprint density at radius 1 is 0.857 bits per heavy atom. The smallest absolute Gasteiger partial charge is 0.178 e. The molecule has 3 nitrogen and oxygen atoms in total. The molecule has 1 saturated carbocycles. The average molecular weight is 194 g/mol. The van der Waals surface area contributed by atoms with E-state index in [2.05, 4.69) is 6.58 Å². The molecule has 0 bridgehead atoms. The van der Waals surface area contributed by atoms with Crippen LogP contribution < -0.4 is 0 Å². The van der Waals surface area contributed by atoms with Crippen molar-refractivity contribution in [1.82, 2.24) is 0 Å². The first kappa shape index (κ1) is 10.8. The van der Waals surface area contributed by atoms with Gasteiger partial charge in [0.15, 0.2) is 17.3 Å². The van der Waals surface area contributed by atoms with Crippen LogP contribution in [0, 0.1) is 10.8 Å². The Bertz CT molecular complexity index is 327. The lowest BCUT2D eigenvalue weighted by molar-refractivity contribution is -0.151. The van der Waals surface area contributed by atoms with Crippen LogP contribution in [0.25, 0.3) is 0 Å². The molecule has 0 aromatic rings. The van der Waals surface area contributed by atoms with Gasteiger partial charge in [0.25, 0.3) is 0 Å². The van der Waals surface area contributed by atoms with E-state index in [9.17, 15) is 14.4 Å². The third kappa shape index (κ3) is 1.08. The fraction of sp³-hybridized carbons (Fsp3) is 0.545. The van der Waals surface area contributed by atoms with Crippen LogP contribution in [0.1, 0.15) is 27.7 Å². The van der Waals surface area contributed by atoms with E-state index in [-0.39, 0.29) is 11.4 Å². The summed E-state index contributed by atoms with van der Waals surface area (Å²) in [7, 11) is 0. The Labute approximate surface area is 83.2 Å². The number of carbonyl (C=O) groups is 3. The number of allylic oxidation sites excluding steroid dienone is 1. The van der Waals surface area contributed by atoms with Crippen LogP contribution in [0.15, 0.2) is 12.2 Å². The van der Waals surface area contributed by atoms with Gasteiger partial charge in [-0.15, -0.1) is 0 Å². The summed E-state index contributed by atoms with van der Waals surface area (Å²) < 4.78 is 0. The second-order valence-electron chi connectivity index (χ2n) is 4.72. The molecule has 76 valence electrons. The van der Waals surface area contributed by atoms with Gasteiger partial charge in [0.05, 0.1) is 16.4 Å². The molecule has 1 aliphatic carbocycles. The van der Waals surface area contributed by atoms with Gasteiger partial charge in [-0.05, 0) is 27.7 Å². The van der Waals surface area contributed by atoms with Crippen molar-refractivity contribution in [3.63, 3.8) is 0 Å². The summed E-state index contributed by atoms with van der Waals surface area (Å²) in [6.45, 7) is 9.61. The Kier molecular flexibility index (Phi) is 2.03. The molecule has 0 aromatic heterocycles. The number of hydrogen-bond acceptors (Lipinski definition) is 3. The second kappa shape index (κ2) is 2.62. The van der Waals surface area contributed by atoms with E-state index in [1.54, 1.807) is 0 Å². The molecule has 0 aliphatic heterocycles. The third-order valence-electron chi connectivity index (χ3n) is 2.82. The van der Waals surface area contributed by atoms with Crippen LogP contribution in [-0.2, 0) is 14.4 Å². The summed E-state index contributed by atoms with van der Waals surface area (Å²) in [5.41, 5.74) is -2.29. The zero-order valence-corrected chi connectivity index (χ0v) is 8.93. The van der Waals surface area contributed by atoms with Gasteiger partial charge in [-0.2, -0.15) is 0 Å². The maximum absolute atomic E-state index is 11.9. The van der Waals surface area contributed by atoms with Gasteiger partial charge < -0.3 is 0 Å². The van der Waals surface area contributed by atoms with Crippen molar-refractivity contribution < 1.29 is 14.4 Å². The zero-order valence-electron chi connectivity index (χ0n) is 8.93. The van der Waals surface area contributed by atoms with E-state index in [4.69, 9.17) is 0 Å². The highest BCUT2D eigenvalue weighted by molar-refractivity contribution is 6.37. The van der Waals surface area contributed by atoms with Gasteiger partial charge in [-0.3, -0.25) is 14.4 Å².